The maximum atomic E-state index is 12.4. The van der Waals surface area contributed by atoms with E-state index >= 15 is 0 Å². The number of nitrogens with one attached hydrogen (secondary N) is 2. The third-order valence-corrected chi connectivity index (χ3v) is 3.33. The number of rotatable bonds is 3. The van der Waals surface area contributed by atoms with Gasteiger partial charge in [0, 0.05) is 11.3 Å². The molecule has 3 rings (SSSR count). The molecule has 0 aliphatic rings. The molecular formula is C18H15N3O2. The van der Waals surface area contributed by atoms with Gasteiger partial charge in [0.05, 0.1) is 5.69 Å². The molecule has 0 bridgehead atoms. The van der Waals surface area contributed by atoms with Crippen molar-refractivity contribution >= 4 is 11.6 Å². The molecule has 114 valence electrons. The summed E-state index contributed by atoms with van der Waals surface area (Å²) in [5, 5.41) is 2.77. The van der Waals surface area contributed by atoms with Crippen LogP contribution in [-0.2, 0) is 0 Å². The Kier molecular flexibility index (Phi) is 4.01. The van der Waals surface area contributed by atoms with Crippen LogP contribution >= 0.6 is 0 Å². The highest BCUT2D eigenvalue weighted by Crippen LogP contribution is 2.16. The number of benzene rings is 2. The standard InChI is InChI=1S/C18H15N3O2/c1-12-6-5-9-14(10-12)19-17(22)16-11-15(20-18(23)21-16)13-7-3-2-4-8-13/h2-11H,1H3,(H,19,22)(H,20,21,23). The number of amides is 1. The summed E-state index contributed by atoms with van der Waals surface area (Å²) in [6.45, 7) is 1.94. The lowest BCUT2D eigenvalue weighted by atomic mass is 10.1. The number of aromatic nitrogens is 2. The average molecular weight is 305 g/mol. The van der Waals surface area contributed by atoms with Gasteiger partial charge in [-0.3, -0.25) is 4.79 Å². The van der Waals surface area contributed by atoms with E-state index in [0.717, 1.165) is 11.1 Å². The van der Waals surface area contributed by atoms with Gasteiger partial charge in [0.15, 0.2) is 0 Å². The summed E-state index contributed by atoms with van der Waals surface area (Å²) in [4.78, 5) is 30.5. The van der Waals surface area contributed by atoms with Crippen LogP contribution < -0.4 is 11.0 Å². The first-order chi connectivity index (χ1) is 11.1. The highest BCUT2D eigenvalue weighted by Gasteiger charge is 2.11. The summed E-state index contributed by atoms with van der Waals surface area (Å²) < 4.78 is 0. The van der Waals surface area contributed by atoms with E-state index in [1.807, 2.05) is 55.5 Å². The minimum Gasteiger partial charge on any atom is -0.321 e. The van der Waals surface area contributed by atoms with Crippen LogP contribution in [0.3, 0.4) is 0 Å². The van der Waals surface area contributed by atoms with Gasteiger partial charge in [-0.25, -0.2) is 4.79 Å². The van der Waals surface area contributed by atoms with Crippen LogP contribution in [-0.4, -0.2) is 15.9 Å². The fourth-order valence-electron chi connectivity index (χ4n) is 2.26. The summed E-state index contributed by atoms with van der Waals surface area (Å²) >= 11 is 0. The number of aryl methyl sites for hydroxylation is 1. The van der Waals surface area contributed by atoms with E-state index in [2.05, 4.69) is 15.3 Å². The minimum atomic E-state index is -0.555. The van der Waals surface area contributed by atoms with E-state index < -0.39 is 5.69 Å². The summed E-state index contributed by atoms with van der Waals surface area (Å²) in [5.41, 5.74) is 2.57. The van der Waals surface area contributed by atoms with E-state index in [-0.39, 0.29) is 11.6 Å². The molecule has 3 aromatic rings. The van der Waals surface area contributed by atoms with Crippen molar-refractivity contribution in [3.8, 4) is 11.3 Å². The highest BCUT2D eigenvalue weighted by atomic mass is 16.2. The first-order valence-corrected chi connectivity index (χ1v) is 7.16. The molecule has 0 fully saturated rings. The van der Waals surface area contributed by atoms with Crippen molar-refractivity contribution in [2.45, 2.75) is 6.92 Å². The molecule has 0 aliphatic heterocycles. The molecule has 0 atom stereocenters. The third-order valence-electron chi connectivity index (χ3n) is 3.33. The molecule has 0 unspecified atom stereocenters. The SMILES string of the molecule is Cc1cccc(NC(=O)c2cc(-c3ccccc3)nc(=O)[nH]2)c1. The average Bonchev–Trinajstić information content (AvgIpc) is 2.55. The van der Waals surface area contributed by atoms with Crippen LogP contribution in [0.5, 0.6) is 0 Å². The normalized spacial score (nSPS) is 10.3. The number of H-pyrrole nitrogens is 1. The lowest BCUT2D eigenvalue weighted by molar-refractivity contribution is 0.102. The van der Waals surface area contributed by atoms with Gasteiger partial charge in [0.2, 0.25) is 0 Å². The van der Waals surface area contributed by atoms with Crippen LogP contribution in [0.2, 0.25) is 0 Å². The monoisotopic (exact) mass is 305 g/mol. The number of aromatic amines is 1. The summed E-state index contributed by atoms with van der Waals surface area (Å²) in [6.07, 6.45) is 0. The number of nitrogens with zero attached hydrogens (tertiary/aromatic N) is 1. The van der Waals surface area contributed by atoms with E-state index in [1.165, 1.54) is 0 Å². The van der Waals surface area contributed by atoms with Crippen molar-refractivity contribution in [2.75, 3.05) is 5.32 Å². The third kappa shape index (κ3) is 3.52. The lowest BCUT2D eigenvalue weighted by Gasteiger charge is -2.07. The van der Waals surface area contributed by atoms with Crippen LogP contribution in [0.25, 0.3) is 11.3 Å². The molecule has 1 aromatic heterocycles. The Morgan fingerprint density at radius 1 is 1.04 bits per heavy atom. The zero-order valence-corrected chi connectivity index (χ0v) is 12.5. The second-order valence-electron chi connectivity index (χ2n) is 5.17. The quantitative estimate of drug-likeness (QED) is 0.781. The zero-order valence-electron chi connectivity index (χ0n) is 12.5. The van der Waals surface area contributed by atoms with Gasteiger partial charge < -0.3 is 10.3 Å². The molecule has 0 aliphatic carbocycles. The maximum absolute atomic E-state index is 12.4. The smallest absolute Gasteiger partial charge is 0.321 e. The van der Waals surface area contributed by atoms with E-state index in [0.29, 0.717) is 11.4 Å². The molecule has 0 saturated carbocycles. The van der Waals surface area contributed by atoms with Crippen molar-refractivity contribution < 1.29 is 4.79 Å². The van der Waals surface area contributed by atoms with Crippen molar-refractivity contribution in [1.29, 1.82) is 0 Å². The molecule has 0 saturated heterocycles. The molecule has 0 radical (unpaired) electrons. The van der Waals surface area contributed by atoms with Gasteiger partial charge >= 0.3 is 5.69 Å². The topological polar surface area (TPSA) is 74.8 Å². The predicted molar refractivity (Wildman–Crippen MR) is 89.4 cm³/mol. The lowest BCUT2D eigenvalue weighted by Crippen LogP contribution is -2.21. The largest absolute Gasteiger partial charge is 0.346 e. The van der Waals surface area contributed by atoms with Crippen molar-refractivity contribution in [2.24, 2.45) is 0 Å². The van der Waals surface area contributed by atoms with Crippen LogP contribution in [0, 0.1) is 6.92 Å². The zero-order chi connectivity index (χ0) is 16.2. The Morgan fingerprint density at radius 3 is 2.57 bits per heavy atom. The van der Waals surface area contributed by atoms with Gasteiger partial charge in [-0.05, 0) is 30.7 Å². The highest BCUT2D eigenvalue weighted by molar-refractivity contribution is 6.03. The van der Waals surface area contributed by atoms with Crippen LogP contribution in [0.15, 0.2) is 65.5 Å². The maximum Gasteiger partial charge on any atom is 0.346 e. The fraction of sp³-hybridized carbons (Fsp3) is 0.0556. The number of hydrogen-bond acceptors (Lipinski definition) is 3. The summed E-state index contributed by atoms with van der Waals surface area (Å²) in [5.74, 6) is -0.382. The van der Waals surface area contributed by atoms with Gasteiger partial charge in [0.25, 0.3) is 5.91 Å². The molecule has 0 spiro atoms. The fourth-order valence-corrected chi connectivity index (χ4v) is 2.26. The molecule has 2 aromatic carbocycles. The van der Waals surface area contributed by atoms with Crippen molar-refractivity contribution in [3.63, 3.8) is 0 Å². The first-order valence-electron chi connectivity index (χ1n) is 7.16. The Labute approximate surface area is 133 Å². The number of carbonyl (C=O) groups excluding carboxylic acids is 1. The second-order valence-corrected chi connectivity index (χ2v) is 5.17. The van der Waals surface area contributed by atoms with Gasteiger partial charge in [-0.1, -0.05) is 42.5 Å². The van der Waals surface area contributed by atoms with Crippen LogP contribution in [0.4, 0.5) is 5.69 Å². The molecule has 23 heavy (non-hydrogen) atoms. The molecule has 5 nitrogen and oxygen atoms in total. The Bertz CT molecular complexity index is 901. The van der Waals surface area contributed by atoms with Crippen molar-refractivity contribution in [3.05, 3.63) is 82.4 Å². The van der Waals surface area contributed by atoms with E-state index in [9.17, 15) is 9.59 Å². The number of hydrogen-bond donors (Lipinski definition) is 2. The summed E-state index contributed by atoms with van der Waals surface area (Å²) in [7, 11) is 0. The second kappa shape index (κ2) is 6.27. The predicted octanol–water partition coefficient (Wildman–Crippen LogP) is 3.00. The van der Waals surface area contributed by atoms with Gasteiger partial charge in [-0.15, -0.1) is 0 Å². The molecular weight excluding hydrogens is 290 g/mol. The minimum absolute atomic E-state index is 0.172. The van der Waals surface area contributed by atoms with E-state index in [4.69, 9.17) is 0 Å². The van der Waals surface area contributed by atoms with E-state index in [1.54, 1.807) is 12.1 Å². The van der Waals surface area contributed by atoms with Crippen LogP contribution in [0.1, 0.15) is 16.1 Å². The Hall–Kier alpha value is -3.21. The van der Waals surface area contributed by atoms with Gasteiger partial charge in [-0.2, -0.15) is 4.98 Å². The Morgan fingerprint density at radius 2 is 1.83 bits per heavy atom. The summed E-state index contributed by atoms with van der Waals surface area (Å²) in [6, 6.07) is 18.3. The molecule has 5 heteroatoms. The molecule has 1 amide bonds. The molecule has 2 N–H and O–H groups in total. The van der Waals surface area contributed by atoms with Crippen molar-refractivity contribution in [1.82, 2.24) is 9.97 Å². The first kappa shape index (κ1) is 14.7. The number of carbonyl (C=O) groups is 1. The number of anilines is 1. The Balaban J connectivity index is 1.92. The molecule has 1 heterocycles. The van der Waals surface area contributed by atoms with Gasteiger partial charge in [0.1, 0.15) is 5.69 Å².